The van der Waals surface area contributed by atoms with Crippen LogP contribution in [0.5, 0.6) is 5.75 Å². The van der Waals surface area contributed by atoms with Crippen LogP contribution in [0.25, 0.3) is 0 Å². The van der Waals surface area contributed by atoms with E-state index in [1.54, 1.807) is 13.0 Å². The average Bonchev–Trinajstić information content (AvgIpc) is 2.26. The number of ether oxygens (including phenoxy) is 1. The zero-order chi connectivity index (χ0) is 11.4. The number of methoxy groups -OCH3 is 1. The third kappa shape index (κ3) is 2.23. The molecule has 0 aliphatic heterocycles. The minimum atomic E-state index is -0.572. The highest BCUT2D eigenvalue weighted by molar-refractivity contribution is 5.52. The number of nitrogens with zero attached hydrogens (tertiary/aromatic N) is 1. The molecule has 0 radical (unpaired) electrons. The predicted molar refractivity (Wildman–Crippen MR) is 54.0 cm³/mol. The smallest absolute Gasteiger partial charge is 0.311 e. The van der Waals surface area contributed by atoms with Crippen LogP contribution in [0.3, 0.4) is 0 Å². The van der Waals surface area contributed by atoms with Crippen molar-refractivity contribution in [2.45, 2.75) is 12.8 Å². The summed E-state index contributed by atoms with van der Waals surface area (Å²) in [5.74, 6) is -0.257. The van der Waals surface area contributed by atoms with E-state index in [4.69, 9.17) is 4.74 Å². The molecule has 0 aromatic heterocycles. The maximum Gasteiger partial charge on any atom is 0.311 e. The third-order valence-corrected chi connectivity index (χ3v) is 2.19. The van der Waals surface area contributed by atoms with Crippen molar-refractivity contribution >= 4 is 5.69 Å². The van der Waals surface area contributed by atoms with Gasteiger partial charge in [0.15, 0.2) is 5.75 Å². The largest absolute Gasteiger partial charge is 0.490 e. The highest BCUT2D eigenvalue weighted by Crippen LogP contribution is 2.35. The van der Waals surface area contributed by atoms with Gasteiger partial charge in [0, 0.05) is 17.5 Å². The van der Waals surface area contributed by atoms with Gasteiger partial charge in [-0.1, -0.05) is 19.1 Å². The van der Waals surface area contributed by atoms with Crippen LogP contribution >= 0.6 is 0 Å². The van der Waals surface area contributed by atoms with E-state index in [0.29, 0.717) is 5.56 Å². The molecule has 0 amide bonds. The van der Waals surface area contributed by atoms with Gasteiger partial charge in [0.1, 0.15) is 0 Å². The molecule has 0 aliphatic carbocycles. The lowest BCUT2D eigenvalue weighted by Crippen LogP contribution is -2.02. The second-order valence-corrected chi connectivity index (χ2v) is 3.21. The van der Waals surface area contributed by atoms with E-state index in [0.717, 1.165) is 0 Å². The lowest BCUT2D eigenvalue weighted by Gasteiger charge is -2.12. The Morgan fingerprint density at radius 3 is 2.73 bits per heavy atom. The first-order valence-corrected chi connectivity index (χ1v) is 4.49. The molecule has 0 saturated heterocycles. The molecule has 4 nitrogen and oxygen atoms in total. The normalized spacial score (nSPS) is 12.2. The molecule has 82 valence electrons. The van der Waals surface area contributed by atoms with Gasteiger partial charge in [-0.15, -0.1) is 0 Å². The summed E-state index contributed by atoms with van der Waals surface area (Å²) in [6.07, 6.45) is 0. The summed E-state index contributed by atoms with van der Waals surface area (Å²) < 4.78 is 17.4. The molecule has 5 heteroatoms. The van der Waals surface area contributed by atoms with Crippen LogP contribution in [0, 0.1) is 10.1 Å². The molecule has 1 aromatic carbocycles. The van der Waals surface area contributed by atoms with Gasteiger partial charge in [-0.3, -0.25) is 14.5 Å². The van der Waals surface area contributed by atoms with Crippen LogP contribution in [0.1, 0.15) is 18.4 Å². The molecule has 1 atom stereocenters. The standard InChI is InChI=1S/C10H12FNO3/c1-7(6-11)8-4-3-5-9(12(13)14)10(8)15-2/h3-5,7H,6H2,1-2H3. The Hall–Kier alpha value is -1.65. The predicted octanol–water partition coefficient (Wildman–Crippen LogP) is 2.68. The molecule has 1 aromatic rings. The van der Waals surface area contributed by atoms with Crippen LogP contribution in [-0.4, -0.2) is 18.7 Å². The highest BCUT2D eigenvalue weighted by Gasteiger charge is 2.21. The number of nitro benzene ring substituents is 1. The maximum absolute atomic E-state index is 12.5. The lowest BCUT2D eigenvalue weighted by atomic mass is 10.0. The fourth-order valence-corrected chi connectivity index (χ4v) is 1.38. The van der Waals surface area contributed by atoms with E-state index in [1.165, 1.54) is 19.2 Å². The Bertz CT molecular complexity index is 368. The van der Waals surface area contributed by atoms with Crippen LogP contribution in [0.4, 0.5) is 10.1 Å². The Morgan fingerprint density at radius 1 is 1.60 bits per heavy atom. The molecule has 0 N–H and O–H groups in total. The van der Waals surface area contributed by atoms with E-state index in [1.807, 2.05) is 0 Å². The molecule has 0 saturated carbocycles. The number of hydrogen-bond acceptors (Lipinski definition) is 3. The molecule has 1 unspecified atom stereocenters. The second kappa shape index (κ2) is 4.72. The van der Waals surface area contributed by atoms with Crippen molar-refractivity contribution < 1.29 is 14.1 Å². The monoisotopic (exact) mass is 213 g/mol. The minimum absolute atomic E-state index is 0.129. The van der Waals surface area contributed by atoms with Gasteiger partial charge < -0.3 is 4.74 Å². The number of para-hydroxylation sites is 1. The Balaban J connectivity index is 3.28. The molecule has 15 heavy (non-hydrogen) atoms. The topological polar surface area (TPSA) is 52.4 Å². The lowest BCUT2D eigenvalue weighted by molar-refractivity contribution is -0.385. The first kappa shape index (κ1) is 11.4. The molecular formula is C10H12FNO3. The van der Waals surface area contributed by atoms with Crippen molar-refractivity contribution in [2.75, 3.05) is 13.8 Å². The fourth-order valence-electron chi connectivity index (χ4n) is 1.38. The van der Waals surface area contributed by atoms with Crippen molar-refractivity contribution in [1.29, 1.82) is 0 Å². The Kier molecular flexibility index (Phi) is 3.60. The van der Waals surface area contributed by atoms with Gasteiger partial charge in [0.05, 0.1) is 18.7 Å². The Labute approximate surface area is 86.8 Å². The van der Waals surface area contributed by atoms with Gasteiger partial charge >= 0.3 is 5.69 Å². The highest BCUT2D eigenvalue weighted by atomic mass is 19.1. The quantitative estimate of drug-likeness (QED) is 0.570. The van der Waals surface area contributed by atoms with Crippen LogP contribution in [0.2, 0.25) is 0 Å². The number of benzene rings is 1. The van der Waals surface area contributed by atoms with Crippen molar-refractivity contribution in [1.82, 2.24) is 0 Å². The van der Waals surface area contributed by atoms with E-state index < -0.39 is 17.5 Å². The average molecular weight is 213 g/mol. The minimum Gasteiger partial charge on any atom is -0.490 e. The number of nitro groups is 1. The van der Waals surface area contributed by atoms with Crippen LogP contribution in [0.15, 0.2) is 18.2 Å². The number of rotatable bonds is 4. The van der Waals surface area contributed by atoms with E-state index in [2.05, 4.69) is 0 Å². The van der Waals surface area contributed by atoms with Crippen LogP contribution < -0.4 is 4.74 Å². The van der Waals surface area contributed by atoms with E-state index in [-0.39, 0.29) is 11.4 Å². The number of hydrogen-bond donors (Lipinski definition) is 0. The fraction of sp³-hybridized carbons (Fsp3) is 0.400. The molecule has 0 heterocycles. The second-order valence-electron chi connectivity index (χ2n) is 3.21. The summed E-state index contributed by atoms with van der Waals surface area (Å²) in [6.45, 7) is 1.08. The number of alkyl halides is 1. The van der Waals surface area contributed by atoms with Gasteiger partial charge in [-0.05, 0) is 0 Å². The summed E-state index contributed by atoms with van der Waals surface area (Å²) in [6, 6.07) is 4.51. The summed E-state index contributed by atoms with van der Waals surface area (Å²) >= 11 is 0. The Morgan fingerprint density at radius 2 is 2.27 bits per heavy atom. The van der Waals surface area contributed by atoms with Gasteiger partial charge in [-0.25, -0.2) is 0 Å². The van der Waals surface area contributed by atoms with Gasteiger partial charge in [-0.2, -0.15) is 0 Å². The molecule has 0 aliphatic rings. The van der Waals surface area contributed by atoms with Crippen molar-refractivity contribution in [3.63, 3.8) is 0 Å². The van der Waals surface area contributed by atoms with Gasteiger partial charge in [0.2, 0.25) is 0 Å². The van der Waals surface area contributed by atoms with E-state index >= 15 is 0 Å². The number of halogens is 1. The molecular weight excluding hydrogens is 201 g/mol. The van der Waals surface area contributed by atoms with Crippen molar-refractivity contribution in [3.05, 3.63) is 33.9 Å². The molecule has 0 bridgehead atoms. The third-order valence-electron chi connectivity index (χ3n) is 2.19. The molecule has 1 rings (SSSR count). The summed E-state index contributed by atoms with van der Waals surface area (Å²) in [5, 5.41) is 10.7. The SMILES string of the molecule is COc1c(C(C)CF)cccc1[N+](=O)[O-]. The summed E-state index contributed by atoms with van der Waals surface area (Å²) in [4.78, 5) is 10.1. The summed E-state index contributed by atoms with van der Waals surface area (Å²) in [7, 11) is 1.34. The molecule has 0 spiro atoms. The van der Waals surface area contributed by atoms with Crippen LogP contribution in [-0.2, 0) is 0 Å². The first-order chi connectivity index (χ1) is 7.11. The van der Waals surface area contributed by atoms with Crippen molar-refractivity contribution in [2.24, 2.45) is 0 Å². The van der Waals surface area contributed by atoms with Crippen molar-refractivity contribution in [3.8, 4) is 5.75 Å². The maximum atomic E-state index is 12.5. The molecule has 0 fully saturated rings. The zero-order valence-corrected chi connectivity index (χ0v) is 8.57. The zero-order valence-electron chi connectivity index (χ0n) is 8.57. The first-order valence-electron chi connectivity index (χ1n) is 4.49. The van der Waals surface area contributed by atoms with Gasteiger partial charge in [0.25, 0.3) is 0 Å². The summed E-state index contributed by atoms with van der Waals surface area (Å²) in [5.41, 5.74) is 0.393. The van der Waals surface area contributed by atoms with E-state index in [9.17, 15) is 14.5 Å².